The van der Waals surface area contributed by atoms with Gasteiger partial charge >= 0.3 is 12.1 Å². The van der Waals surface area contributed by atoms with Gasteiger partial charge in [0.15, 0.2) is 5.75 Å². The molecule has 0 radical (unpaired) electrons. The third kappa shape index (κ3) is 4.99. The molecule has 0 fully saturated rings. The lowest BCUT2D eigenvalue weighted by molar-refractivity contribution is 0.0207. The minimum Gasteiger partial charge on any atom is -0.428 e. The molecule has 0 saturated heterocycles. The number of halogens is 1. The van der Waals surface area contributed by atoms with Crippen LogP contribution in [0.3, 0.4) is 0 Å². The highest BCUT2D eigenvalue weighted by atomic mass is 19.1. The van der Waals surface area contributed by atoms with Gasteiger partial charge in [-0.25, -0.2) is 14.0 Å². The van der Waals surface area contributed by atoms with Crippen LogP contribution in [0.4, 0.5) is 14.9 Å². The Hall–Kier alpha value is -3.61. The fraction of sp³-hybridized carbons (Fsp3) is 0.280. The van der Waals surface area contributed by atoms with Gasteiger partial charge in [0.25, 0.3) is 0 Å². The van der Waals surface area contributed by atoms with Crippen LogP contribution in [0.1, 0.15) is 36.7 Å². The molecule has 0 aromatic heterocycles. The van der Waals surface area contributed by atoms with E-state index in [1.165, 1.54) is 12.1 Å². The number of carbonyl (C=O) groups excluding carboxylic acids is 2. The SMILES string of the molecule is Cc1c(C(=O)Oc2ccccc2)c(OC(=O)OC(C)(C)C)c2cc(F)ccc2c1N(C)C. The maximum Gasteiger partial charge on any atom is 0.514 e. The van der Waals surface area contributed by atoms with Gasteiger partial charge in [0.05, 0.1) is 0 Å². The van der Waals surface area contributed by atoms with Gasteiger partial charge in [0.2, 0.25) is 0 Å². The number of nitrogens with zero attached hydrogens (tertiary/aromatic N) is 1. The largest absolute Gasteiger partial charge is 0.514 e. The number of hydrogen-bond donors (Lipinski definition) is 0. The first kappa shape index (κ1) is 23.1. The van der Waals surface area contributed by atoms with Crippen molar-refractivity contribution in [3.05, 3.63) is 65.5 Å². The number of rotatable bonds is 4. The quantitative estimate of drug-likeness (QED) is 0.287. The Morgan fingerprint density at radius 1 is 0.938 bits per heavy atom. The summed E-state index contributed by atoms with van der Waals surface area (Å²) in [4.78, 5) is 27.6. The third-order valence-electron chi connectivity index (χ3n) is 4.62. The highest BCUT2D eigenvalue weighted by Crippen LogP contribution is 2.41. The van der Waals surface area contributed by atoms with E-state index in [1.54, 1.807) is 64.1 Å². The molecule has 3 aromatic carbocycles. The normalized spacial score (nSPS) is 11.2. The fourth-order valence-corrected chi connectivity index (χ4v) is 3.47. The zero-order valence-electron chi connectivity index (χ0n) is 19.0. The highest BCUT2D eigenvalue weighted by Gasteiger charge is 2.29. The van der Waals surface area contributed by atoms with Gasteiger partial charge in [0.1, 0.15) is 22.7 Å². The van der Waals surface area contributed by atoms with E-state index in [4.69, 9.17) is 14.2 Å². The average Bonchev–Trinajstić information content (AvgIpc) is 2.67. The first-order valence-corrected chi connectivity index (χ1v) is 10.1. The first-order valence-electron chi connectivity index (χ1n) is 10.1. The van der Waals surface area contributed by atoms with E-state index < -0.39 is 23.5 Å². The molecule has 0 saturated carbocycles. The summed E-state index contributed by atoms with van der Waals surface area (Å²) >= 11 is 0. The number of esters is 1. The summed E-state index contributed by atoms with van der Waals surface area (Å²) < 4.78 is 30.6. The second kappa shape index (κ2) is 8.86. The molecule has 0 amide bonds. The van der Waals surface area contributed by atoms with E-state index in [0.717, 1.165) is 0 Å². The number of benzene rings is 3. The van der Waals surface area contributed by atoms with Crippen LogP contribution in [-0.4, -0.2) is 31.8 Å². The van der Waals surface area contributed by atoms with E-state index in [2.05, 4.69) is 0 Å². The van der Waals surface area contributed by atoms with Crippen molar-refractivity contribution in [1.29, 1.82) is 0 Å². The summed E-state index contributed by atoms with van der Waals surface area (Å²) in [5.74, 6) is -1.06. The zero-order valence-corrected chi connectivity index (χ0v) is 19.0. The summed E-state index contributed by atoms with van der Waals surface area (Å²) in [7, 11) is 3.62. The van der Waals surface area contributed by atoms with Gasteiger partial charge in [0, 0.05) is 30.6 Å². The van der Waals surface area contributed by atoms with Gasteiger partial charge in [-0.3, -0.25) is 0 Å². The van der Waals surface area contributed by atoms with Gasteiger partial charge < -0.3 is 19.1 Å². The molecule has 0 aliphatic carbocycles. The molecule has 6 nitrogen and oxygen atoms in total. The van der Waals surface area contributed by atoms with Crippen molar-refractivity contribution >= 4 is 28.6 Å². The molecule has 0 bridgehead atoms. The summed E-state index contributed by atoms with van der Waals surface area (Å²) in [5, 5.41) is 0.869. The summed E-state index contributed by atoms with van der Waals surface area (Å²) in [6.07, 6.45) is -1.01. The lowest BCUT2D eigenvalue weighted by Gasteiger charge is -2.24. The number of fused-ring (bicyclic) bond motifs is 1. The molecule has 3 aromatic rings. The molecule has 168 valence electrons. The Bertz CT molecular complexity index is 1170. The highest BCUT2D eigenvalue weighted by molar-refractivity contribution is 6.10. The minimum atomic E-state index is -1.01. The minimum absolute atomic E-state index is 0.0153. The molecule has 32 heavy (non-hydrogen) atoms. The van der Waals surface area contributed by atoms with Crippen LogP contribution in [0.2, 0.25) is 0 Å². The Labute approximate surface area is 186 Å². The monoisotopic (exact) mass is 439 g/mol. The van der Waals surface area contributed by atoms with Gasteiger partial charge in [-0.1, -0.05) is 18.2 Å². The van der Waals surface area contributed by atoms with E-state index in [9.17, 15) is 14.0 Å². The molecule has 0 aliphatic heterocycles. The molecule has 7 heteroatoms. The molecule has 0 atom stereocenters. The maximum absolute atomic E-state index is 14.2. The van der Waals surface area contributed by atoms with Crippen LogP contribution in [0.25, 0.3) is 10.8 Å². The van der Waals surface area contributed by atoms with Crippen molar-refractivity contribution in [2.24, 2.45) is 0 Å². The molecular weight excluding hydrogens is 413 g/mol. The molecule has 0 unspecified atom stereocenters. The Morgan fingerprint density at radius 3 is 2.19 bits per heavy atom. The van der Waals surface area contributed by atoms with Crippen LogP contribution < -0.4 is 14.4 Å². The number of ether oxygens (including phenoxy) is 3. The number of para-hydroxylation sites is 1. The van der Waals surface area contributed by atoms with Crippen molar-refractivity contribution < 1.29 is 28.2 Å². The van der Waals surface area contributed by atoms with Crippen LogP contribution in [0.15, 0.2) is 48.5 Å². The first-order chi connectivity index (χ1) is 15.0. The number of hydrogen-bond acceptors (Lipinski definition) is 6. The van der Waals surface area contributed by atoms with Gasteiger partial charge in [-0.2, -0.15) is 0 Å². The average molecular weight is 439 g/mol. The lowest BCUT2D eigenvalue weighted by atomic mass is 9.96. The predicted molar refractivity (Wildman–Crippen MR) is 121 cm³/mol. The van der Waals surface area contributed by atoms with Crippen molar-refractivity contribution in [1.82, 2.24) is 0 Å². The van der Waals surface area contributed by atoms with E-state index >= 15 is 0 Å². The summed E-state index contributed by atoms with van der Waals surface area (Å²) in [5.41, 5.74) is 0.397. The standard InChI is InChI=1S/C25H26FNO5/c1-15-20(23(28)30-17-10-8-7-9-11-17)22(31-24(29)32-25(2,3)4)19-14-16(26)12-13-18(19)21(15)27(5)6/h7-14H,1-6H3. The van der Waals surface area contributed by atoms with Crippen molar-refractivity contribution in [2.45, 2.75) is 33.3 Å². The molecular formula is C25H26FNO5. The topological polar surface area (TPSA) is 65.1 Å². The van der Waals surface area contributed by atoms with Crippen LogP contribution in [-0.2, 0) is 4.74 Å². The summed E-state index contributed by atoms with van der Waals surface area (Å²) in [6.45, 7) is 6.80. The summed E-state index contributed by atoms with van der Waals surface area (Å²) in [6, 6.07) is 12.6. The second-order valence-electron chi connectivity index (χ2n) is 8.53. The van der Waals surface area contributed by atoms with Gasteiger partial charge in [-0.15, -0.1) is 0 Å². The van der Waals surface area contributed by atoms with Crippen molar-refractivity contribution in [3.8, 4) is 11.5 Å². The lowest BCUT2D eigenvalue weighted by Crippen LogP contribution is -2.27. The molecule has 0 aliphatic rings. The molecule has 0 heterocycles. The fourth-order valence-electron chi connectivity index (χ4n) is 3.47. The molecule has 0 N–H and O–H groups in total. The van der Waals surface area contributed by atoms with E-state index in [-0.39, 0.29) is 16.7 Å². The molecule has 3 rings (SSSR count). The number of anilines is 1. The third-order valence-corrected chi connectivity index (χ3v) is 4.62. The second-order valence-corrected chi connectivity index (χ2v) is 8.53. The Kier molecular flexibility index (Phi) is 6.39. The van der Waals surface area contributed by atoms with E-state index in [0.29, 0.717) is 22.4 Å². The van der Waals surface area contributed by atoms with Crippen LogP contribution in [0, 0.1) is 12.7 Å². The smallest absolute Gasteiger partial charge is 0.428 e. The Morgan fingerprint density at radius 2 is 1.59 bits per heavy atom. The van der Waals surface area contributed by atoms with E-state index in [1.807, 2.05) is 19.0 Å². The van der Waals surface area contributed by atoms with Crippen LogP contribution in [0.5, 0.6) is 11.5 Å². The predicted octanol–water partition coefficient (Wildman–Crippen LogP) is 5.89. The van der Waals surface area contributed by atoms with Crippen molar-refractivity contribution in [3.63, 3.8) is 0 Å². The maximum atomic E-state index is 14.2. The van der Waals surface area contributed by atoms with Crippen LogP contribution >= 0.6 is 0 Å². The number of carbonyl (C=O) groups is 2. The Balaban J connectivity index is 2.25. The molecule has 0 spiro atoms. The van der Waals surface area contributed by atoms with Gasteiger partial charge in [-0.05, 0) is 63.6 Å². The van der Waals surface area contributed by atoms with Crippen molar-refractivity contribution in [2.75, 3.05) is 19.0 Å². The zero-order chi connectivity index (χ0) is 23.6.